The van der Waals surface area contributed by atoms with Gasteiger partial charge in [-0.1, -0.05) is 44.2 Å². The van der Waals surface area contributed by atoms with E-state index in [1.807, 2.05) is 44.2 Å². The van der Waals surface area contributed by atoms with Crippen molar-refractivity contribution in [3.05, 3.63) is 64.7 Å². The average Bonchev–Trinajstić information content (AvgIpc) is 2.98. The minimum absolute atomic E-state index is 0.0913. The lowest BCUT2D eigenvalue weighted by molar-refractivity contribution is -0.193. The summed E-state index contributed by atoms with van der Waals surface area (Å²) in [5.74, 6) is -0.478. The molecule has 2 aromatic rings. The Labute approximate surface area is 162 Å². The quantitative estimate of drug-likeness (QED) is 0.876. The van der Waals surface area contributed by atoms with E-state index in [2.05, 4.69) is 10.3 Å². The van der Waals surface area contributed by atoms with E-state index in [0.717, 1.165) is 5.56 Å². The second-order valence-corrected chi connectivity index (χ2v) is 7.89. The molecule has 1 fully saturated rings. The van der Waals surface area contributed by atoms with Crippen molar-refractivity contribution in [2.24, 2.45) is 10.4 Å². The lowest BCUT2D eigenvalue weighted by atomic mass is 9.95. The molecule has 1 saturated heterocycles. The minimum atomic E-state index is -0.735. The van der Waals surface area contributed by atoms with Crippen molar-refractivity contribution in [2.75, 3.05) is 18.5 Å². The summed E-state index contributed by atoms with van der Waals surface area (Å²) in [5.41, 5.74) is 1.85. The Balaban J connectivity index is 1.58. The van der Waals surface area contributed by atoms with E-state index in [4.69, 9.17) is 9.47 Å². The number of anilines is 1. The first kappa shape index (κ1) is 18.5. The van der Waals surface area contributed by atoms with Gasteiger partial charge in [-0.25, -0.2) is 4.99 Å². The maximum atomic E-state index is 12.4. The number of hydrogen-bond donors (Lipinski definition) is 1. The van der Waals surface area contributed by atoms with E-state index in [-0.39, 0.29) is 23.7 Å². The van der Waals surface area contributed by atoms with E-state index < -0.39 is 6.29 Å². The third kappa shape index (κ3) is 3.88. The summed E-state index contributed by atoms with van der Waals surface area (Å²) in [4.78, 5) is 28.8. The molecule has 2 amide bonds. The number of nitrogens with one attached hydrogen (secondary N) is 1. The van der Waals surface area contributed by atoms with Crippen molar-refractivity contribution >= 4 is 23.1 Å². The molecular weight excluding hydrogens is 356 g/mol. The summed E-state index contributed by atoms with van der Waals surface area (Å²) in [7, 11) is 0. The van der Waals surface area contributed by atoms with Crippen molar-refractivity contribution in [2.45, 2.75) is 26.6 Å². The molecule has 144 valence electrons. The standard InChI is InChI=1S/C22H22N2O4/c1-22(2)12-27-21(28-13-22)19-16-11-15(8-9-17(16)24-20(19)26)23-18(25)10-14-6-4-3-5-7-14/h3-9,11,21H,10,12-13H2,1-2H3,(H,23,25). The number of carbonyl (C=O) groups excluding carboxylic acids is 2. The number of hydrogen-bond acceptors (Lipinski definition) is 4. The monoisotopic (exact) mass is 378 g/mol. The highest BCUT2D eigenvalue weighted by molar-refractivity contribution is 6.16. The Hall–Kier alpha value is -2.83. The van der Waals surface area contributed by atoms with Gasteiger partial charge in [-0.15, -0.1) is 0 Å². The molecule has 0 saturated carbocycles. The highest BCUT2D eigenvalue weighted by atomic mass is 16.7. The zero-order valence-corrected chi connectivity index (χ0v) is 15.9. The van der Waals surface area contributed by atoms with Crippen LogP contribution in [-0.4, -0.2) is 31.3 Å². The maximum Gasteiger partial charge on any atom is 0.279 e. The Bertz CT molecular complexity index is 1030. The first-order valence-corrected chi connectivity index (χ1v) is 9.26. The molecular formula is C22H22N2O4. The van der Waals surface area contributed by atoms with E-state index in [9.17, 15) is 9.59 Å². The second kappa shape index (κ2) is 7.30. The summed E-state index contributed by atoms with van der Waals surface area (Å²) < 4.78 is 11.6. The van der Waals surface area contributed by atoms with Gasteiger partial charge in [-0.3, -0.25) is 9.59 Å². The predicted molar refractivity (Wildman–Crippen MR) is 104 cm³/mol. The summed E-state index contributed by atoms with van der Waals surface area (Å²) in [6.07, 6.45) is -0.456. The third-order valence-corrected chi connectivity index (χ3v) is 4.72. The van der Waals surface area contributed by atoms with E-state index >= 15 is 0 Å². The number of ether oxygens (including phenoxy) is 2. The van der Waals surface area contributed by atoms with Crippen LogP contribution >= 0.6 is 0 Å². The molecule has 0 aliphatic carbocycles. The van der Waals surface area contributed by atoms with E-state index in [1.54, 1.807) is 18.2 Å². The van der Waals surface area contributed by atoms with Crippen LogP contribution in [0.4, 0.5) is 5.69 Å². The van der Waals surface area contributed by atoms with Gasteiger partial charge in [-0.05, 0) is 23.8 Å². The van der Waals surface area contributed by atoms with Crippen LogP contribution in [0.25, 0.3) is 5.57 Å². The third-order valence-electron chi connectivity index (χ3n) is 4.72. The number of rotatable bonds is 4. The number of fused-ring (bicyclic) bond motifs is 1. The molecule has 6 heteroatoms. The lowest BCUT2D eigenvalue weighted by Crippen LogP contribution is -2.41. The van der Waals surface area contributed by atoms with Gasteiger partial charge in [0.05, 0.1) is 30.6 Å². The average molecular weight is 378 g/mol. The van der Waals surface area contributed by atoms with Crippen LogP contribution < -0.4 is 15.9 Å². The number of nitrogens with zero attached hydrogens (tertiary/aromatic N) is 1. The van der Waals surface area contributed by atoms with Gasteiger partial charge in [0.25, 0.3) is 5.91 Å². The second-order valence-electron chi connectivity index (χ2n) is 7.89. The molecule has 28 heavy (non-hydrogen) atoms. The SMILES string of the molecule is CC1(C)COC(C2=c3cc(NC(=O)Cc4ccccc4)ccc3=NC2=O)OC1. The Morgan fingerprint density at radius 3 is 2.57 bits per heavy atom. The summed E-state index contributed by atoms with van der Waals surface area (Å²) in [5, 5.41) is 4.10. The van der Waals surface area contributed by atoms with Crippen molar-refractivity contribution in [1.82, 2.24) is 0 Å². The van der Waals surface area contributed by atoms with Crippen LogP contribution in [0.3, 0.4) is 0 Å². The summed E-state index contributed by atoms with van der Waals surface area (Å²) in [6, 6.07) is 14.8. The van der Waals surface area contributed by atoms with Gasteiger partial charge in [0.1, 0.15) is 0 Å². The fourth-order valence-electron chi connectivity index (χ4n) is 3.29. The van der Waals surface area contributed by atoms with Crippen LogP contribution in [0.15, 0.2) is 53.5 Å². The van der Waals surface area contributed by atoms with E-state index in [1.165, 1.54) is 0 Å². The fraction of sp³-hybridized carbons (Fsp3) is 0.318. The zero-order valence-electron chi connectivity index (χ0n) is 15.9. The van der Waals surface area contributed by atoms with Gasteiger partial charge in [0.2, 0.25) is 5.91 Å². The molecule has 0 atom stereocenters. The summed E-state index contributed by atoms with van der Waals surface area (Å²) in [6.45, 7) is 5.08. The number of benzene rings is 2. The van der Waals surface area contributed by atoms with Crippen LogP contribution in [0.5, 0.6) is 0 Å². The van der Waals surface area contributed by atoms with Crippen LogP contribution in [0.2, 0.25) is 0 Å². The van der Waals surface area contributed by atoms with Crippen molar-refractivity contribution < 1.29 is 19.1 Å². The van der Waals surface area contributed by atoms with Gasteiger partial charge in [-0.2, -0.15) is 0 Å². The maximum absolute atomic E-state index is 12.4. The molecule has 0 aromatic heterocycles. The van der Waals surface area contributed by atoms with Crippen molar-refractivity contribution in [1.29, 1.82) is 0 Å². The normalized spacial score (nSPS) is 18.5. The highest BCUT2D eigenvalue weighted by Gasteiger charge is 2.34. The molecule has 0 unspecified atom stereocenters. The van der Waals surface area contributed by atoms with Crippen molar-refractivity contribution in [3.63, 3.8) is 0 Å². The van der Waals surface area contributed by atoms with Gasteiger partial charge >= 0.3 is 0 Å². The molecule has 2 heterocycles. The molecule has 2 aliphatic heterocycles. The van der Waals surface area contributed by atoms with E-state index in [0.29, 0.717) is 35.1 Å². The lowest BCUT2D eigenvalue weighted by Gasteiger charge is -2.34. The van der Waals surface area contributed by atoms with Gasteiger partial charge < -0.3 is 14.8 Å². The first-order chi connectivity index (χ1) is 13.4. The predicted octanol–water partition coefficient (Wildman–Crippen LogP) is 1.58. The highest BCUT2D eigenvalue weighted by Crippen LogP contribution is 2.27. The molecule has 2 aromatic carbocycles. The molecule has 6 nitrogen and oxygen atoms in total. The fourth-order valence-corrected chi connectivity index (χ4v) is 3.29. The van der Waals surface area contributed by atoms with Crippen LogP contribution in [-0.2, 0) is 25.5 Å². The summed E-state index contributed by atoms with van der Waals surface area (Å²) >= 11 is 0. The first-order valence-electron chi connectivity index (χ1n) is 9.26. The molecule has 2 aliphatic rings. The number of carbonyl (C=O) groups is 2. The largest absolute Gasteiger partial charge is 0.348 e. The van der Waals surface area contributed by atoms with Gasteiger partial charge in [0.15, 0.2) is 6.29 Å². The Kier molecular flexibility index (Phi) is 4.83. The van der Waals surface area contributed by atoms with Crippen LogP contribution in [0, 0.1) is 5.41 Å². The molecule has 1 N–H and O–H groups in total. The Morgan fingerprint density at radius 1 is 1.14 bits per heavy atom. The smallest absolute Gasteiger partial charge is 0.279 e. The molecule has 0 radical (unpaired) electrons. The molecule has 0 spiro atoms. The molecule has 0 bridgehead atoms. The Morgan fingerprint density at radius 2 is 1.86 bits per heavy atom. The van der Waals surface area contributed by atoms with Gasteiger partial charge in [0, 0.05) is 16.3 Å². The minimum Gasteiger partial charge on any atom is -0.348 e. The van der Waals surface area contributed by atoms with Crippen LogP contribution in [0.1, 0.15) is 19.4 Å². The molecule has 4 rings (SSSR count). The number of amides is 2. The zero-order chi connectivity index (χ0) is 19.7. The topological polar surface area (TPSA) is 77.0 Å². The van der Waals surface area contributed by atoms with Crippen molar-refractivity contribution in [3.8, 4) is 0 Å².